The molecule has 1 aliphatic rings. The molecule has 1 aliphatic heterocycles. The van der Waals surface area contributed by atoms with Crippen LogP contribution in [0.3, 0.4) is 0 Å². The number of nitrogens with zero attached hydrogens (tertiary/aromatic N) is 4. The first kappa shape index (κ1) is 22.6. The quantitative estimate of drug-likeness (QED) is 0.277. The van der Waals surface area contributed by atoms with Gasteiger partial charge in [0.1, 0.15) is 23.9 Å². The second-order valence-electron chi connectivity index (χ2n) is 8.21. The lowest BCUT2D eigenvalue weighted by Crippen LogP contribution is -2.32. The number of fused-ring (bicyclic) bond motifs is 1. The molecule has 2 heterocycles. The highest BCUT2D eigenvalue weighted by molar-refractivity contribution is 5.93. The van der Waals surface area contributed by atoms with Crippen LogP contribution in [0.5, 0.6) is 11.5 Å². The van der Waals surface area contributed by atoms with Crippen molar-refractivity contribution in [2.75, 3.05) is 18.5 Å². The van der Waals surface area contributed by atoms with Gasteiger partial charge in [-0.2, -0.15) is 0 Å². The van der Waals surface area contributed by atoms with Crippen LogP contribution >= 0.6 is 0 Å². The molecule has 8 heteroatoms. The summed E-state index contributed by atoms with van der Waals surface area (Å²) in [5, 5.41) is 15.4. The van der Waals surface area contributed by atoms with Gasteiger partial charge in [0, 0.05) is 25.2 Å². The van der Waals surface area contributed by atoms with Crippen LogP contribution in [-0.4, -0.2) is 40.0 Å². The predicted molar refractivity (Wildman–Crippen MR) is 130 cm³/mol. The number of aryl methyl sites for hydroxylation is 1. The van der Waals surface area contributed by atoms with Crippen LogP contribution in [0.2, 0.25) is 0 Å². The molecular formula is C25H32N6O2. The zero-order chi connectivity index (χ0) is 22.9. The lowest BCUT2D eigenvalue weighted by Gasteiger charge is -2.14. The van der Waals surface area contributed by atoms with Crippen molar-refractivity contribution in [1.82, 2.24) is 20.1 Å². The second-order valence-corrected chi connectivity index (χ2v) is 8.21. The Morgan fingerprint density at radius 3 is 2.67 bits per heavy atom. The number of ether oxygens (including phenoxy) is 2. The molecule has 0 aliphatic carbocycles. The number of aromatic nitrogens is 3. The number of guanidine groups is 1. The van der Waals surface area contributed by atoms with Gasteiger partial charge in [0.25, 0.3) is 0 Å². The average molecular weight is 449 g/mol. The van der Waals surface area contributed by atoms with Crippen LogP contribution in [0.25, 0.3) is 0 Å². The molecule has 0 saturated heterocycles. The number of hydrogen-bond donors (Lipinski definition) is 2. The molecule has 0 unspecified atom stereocenters. The van der Waals surface area contributed by atoms with Crippen molar-refractivity contribution < 1.29 is 9.47 Å². The Morgan fingerprint density at radius 2 is 1.88 bits per heavy atom. The van der Waals surface area contributed by atoms with Gasteiger partial charge in [-0.3, -0.25) is 0 Å². The Balaban J connectivity index is 1.35. The molecule has 0 bridgehead atoms. The maximum absolute atomic E-state index is 5.78. The van der Waals surface area contributed by atoms with Gasteiger partial charge in [-0.05, 0) is 63.1 Å². The molecule has 3 aromatic rings. The number of anilines is 1. The molecule has 0 amide bonds. The fourth-order valence-corrected chi connectivity index (χ4v) is 3.63. The molecule has 0 spiro atoms. The molecule has 0 fully saturated rings. The summed E-state index contributed by atoms with van der Waals surface area (Å²) in [4.78, 5) is 4.76. The number of aliphatic imine (C=N–C) groups is 1. The highest BCUT2D eigenvalue weighted by Crippen LogP contribution is 2.17. The van der Waals surface area contributed by atoms with Crippen molar-refractivity contribution in [2.45, 2.75) is 52.3 Å². The normalized spacial score (nSPS) is 13.1. The van der Waals surface area contributed by atoms with Crippen molar-refractivity contribution in [3.05, 3.63) is 66.2 Å². The van der Waals surface area contributed by atoms with E-state index in [1.807, 2.05) is 68.4 Å². The third-order valence-corrected chi connectivity index (χ3v) is 5.18. The Kier molecular flexibility index (Phi) is 7.79. The maximum atomic E-state index is 5.78. The fourth-order valence-electron chi connectivity index (χ4n) is 3.63. The zero-order valence-electron chi connectivity index (χ0n) is 19.3. The number of nitrogens with one attached hydrogen (secondary N) is 2. The Morgan fingerprint density at radius 1 is 1.06 bits per heavy atom. The van der Waals surface area contributed by atoms with Gasteiger partial charge in [0.05, 0.1) is 12.7 Å². The first-order chi connectivity index (χ1) is 16.2. The SMILES string of the molecule is CC(C)Oc1ccc(NC(=NCc2nnc3n2CCC3)NCCCOc2ccccc2)cc1. The topological polar surface area (TPSA) is 85.6 Å². The van der Waals surface area contributed by atoms with Gasteiger partial charge in [0.15, 0.2) is 11.8 Å². The summed E-state index contributed by atoms with van der Waals surface area (Å²) >= 11 is 0. The fraction of sp³-hybridized carbons (Fsp3) is 0.400. The van der Waals surface area contributed by atoms with Gasteiger partial charge in [-0.15, -0.1) is 10.2 Å². The smallest absolute Gasteiger partial charge is 0.196 e. The zero-order valence-corrected chi connectivity index (χ0v) is 19.3. The van der Waals surface area contributed by atoms with Gasteiger partial charge in [0.2, 0.25) is 0 Å². The van der Waals surface area contributed by atoms with Crippen molar-refractivity contribution in [2.24, 2.45) is 4.99 Å². The minimum atomic E-state index is 0.144. The number of benzene rings is 2. The van der Waals surface area contributed by atoms with E-state index in [0.717, 1.165) is 61.2 Å². The summed E-state index contributed by atoms with van der Waals surface area (Å²) in [6, 6.07) is 17.7. The molecule has 2 aromatic carbocycles. The second kappa shape index (κ2) is 11.4. The van der Waals surface area contributed by atoms with Crippen LogP contribution in [0.15, 0.2) is 59.6 Å². The molecule has 0 radical (unpaired) electrons. The molecule has 0 atom stereocenters. The van der Waals surface area contributed by atoms with Gasteiger partial charge < -0.3 is 24.7 Å². The van der Waals surface area contributed by atoms with E-state index in [-0.39, 0.29) is 6.10 Å². The van der Waals surface area contributed by atoms with Crippen molar-refractivity contribution >= 4 is 11.6 Å². The maximum Gasteiger partial charge on any atom is 0.196 e. The third-order valence-electron chi connectivity index (χ3n) is 5.18. The van der Waals surface area contributed by atoms with Crippen molar-refractivity contribution in [1.29, 1.82) is 0 Å². The molecule has 4 rings (SSSR count). The number of rotatable bonds is 10. The van der Waals surface area contributed by atoms with Crippen LogP contribution < -0.4 is 20.1 Å². The van der Waals surface area contributed by atoms with Crippen LogP contribution in [0.4, 0.5) is 5.69 Å². The standard InChI is InChI=1S/C25H32N6O2/c1-19(2)33-22-13-11-20(12-14-22)28-25(26-15-7-17-32-21-8-4-3-5-9-21)27-18-24-30-29-23-10-6-16-31(23)24/h3-5,8-9,11-14,19H,6-7,10,15-18H2,1-2H3,(H2,26,27,28). The third kappa shape index (κ3) is 6.71. The highest BCUT2D eigenvalue weighted by atomic mass is 16.5. The highest BCUT2D eigenvalue weighted by Gasteiger charge is 2.16. The predicted octanol–water partition coefficient (Wildman–Crippen LogP) is 4.04. The summed E-state index contributed by atoms with van der Waals surface area (Å²) in [6.45, 7) is 6.83. The van der Waals surface area contributed by atoms with E-state index in [4.69, 9.17) is 14.5 Å². The van der Waals surface area contributed by atoms with E-state index in [9.17, 15) is 0 Å². The largest absolute Gasteiger partial charge is 0.494 e. The van der Waals surface area contributed by atoms with E-state index in [2.05, 4.69) is 25.4 Å². The Hall–Kier alpha value is -3.55. The minimum absolute atomic E-state index is 0.144. The lowest BCUT2D eigenvalue weighted by atomic mass is 10.3. The van der Waals surface area contributed by atoms with Gasteiger partial charge in [-0.1, -0.05) is 18.2 Å². The molecule has 1 aromatic heterocycles. The summed E-state index contributed by atoms with van der Waals surface area (Å²) in [5.74, 6) is 4.38. The van der Waals surface area contributed by atoms with Gasteiger partial charge >= 0.3 is 0 Å². The summed E-state index contributed by atoms with van der Waals surface area (Å²) < 4.78 is 13.7. The van der Waals surface area contributed by atoms with Crippen LogP contribution in [-0.2, 0) is 19.5 Å². The average Bonchev–Trinajstić information content (AvgIpc) is 3.43. The van der Waals surface area contributed by atoms with Gasteiger partial charge in [-0.25, -0.2) is 4.99 Å². The van der Waals surface area contributed by atoms with Crippen LogP contribution in [0.1, 0.15) is 38.3 Å². The van der Waals surface area contributed by atoms with E-state index >= 15 is 0 Å². The number of hydrogen-bond acceptors (Lipinski definition) is 5. The summed E-state index contributed by atoms with van der Waals surface area (Å²) in [6.07, 6.45) is 3.10. The number of para-hydroxylation sites is 1. The van der Waals surface area contributed by atoms with Crippen molar-refractivity contribution in [3.8, 4) is 11.5 Å². The van der Waals surface area contributed by atoms with Crippen LogP contribution in [0, 0.1) is 0 Å². The molecule has 2 N–H and O–H groups in total. The van der Waals surface area contributed by atoms with E-state index < -0.39 is 0 Å². The molecule has 0 saturated carbocycles. The molecule has 174 valence electrons. The molecular weight excluding hydrogens is 416 g/mol. The molecule has 8 nitrogen and oxygen atoms in total. The Labute approximate surface area is 195 Å². The lowest BCUT2D eigenvalue weighted by molar-refractivity contribution is 0.242. The minimum Gasteiger partial charge on any atom is -0.494 e. The summed E-state index contributed by atoms with van der Waals surface area (Å²) in [7, 11) is 0. The summed E-state index contributed by atoms with van der Waals surface area (Å²) in [5.41, 5.74) is 0.935. The van der Waals surface area contributed by atoms with E-state index in [1.165, 1.54) is 0 Å². The first-order valence-electron chi connectivity index (χ1n) is 11.6. The Bertz CT molecular complexity index is 1030. The molecule has 33 heavy (non-hydrogen) atoms. The monoisotopic (exact) mass is 448 g/mol. The van der Waals surface area contributed by atoms with E-state index in [0.29, 0.717) is 19.1 Å². The van der Waals surface area contributed by atoms with Crippen molar-refractivity contribution in [3.63, 3.8) is 0 Å². The first-order valence-corrected chi connectivity index (χ1v) is 11.6. The van der Waals surface area contributed by atoms with E-state index in [1.54, 1.807) is 0 Å².